The number of fused-ring (bicyclic) bond motifs is 2. The van der Waals surface area contributed by atoms with E-state index in [0.29, 0.717) is 44.8 Å². The predicted molar refractivity (Wildman–Crippen MR) is 211 cm³/mol. The van der Waals surface area contributed by atoms with Crippen LogP contribution in [-0.4, -0.2) is 29.5 Å². The van der Waals surface area contributed by atoms with Crippen LogP contribution in [0.2, 0.25) is 0 Å². The summed E-state index contributed by atoms with van der Waals surface area (Å²) in [6.07, 6.45) is 0.954. The molecular weight excluding hydrogens is 701 g/mol. The summed E-state index contributed by atoms with van der Waals surface area (Å²) in [5.74, 6) is -0.105. The molecule has 0 fully saturated rings. The van der Waals surface area contributed by atoms with Gasteiger partial charge in [0.25, 0.3) is 15.7 Å². The monoisotopic (exact) mass is 740 g/mol. The Kier molecular flexibility index (Phi) is 8.94. The third kappa shape index (κ3) is 6.74. The van der Waals surface area contributed by atoms with Gasteiger partial charge in [-0.05, 0) is 71.2 Å². The molecule has 0 amide bonds. The van der Waals surface area contributed by atoms with Crippen LogP contribution in [-0.2, 0) is 15.5 Å². The molecule has 274 valence electrons. The summed E-state index contributed by atoms with van der Waals surface area (Å²) >= 11 is 0. The largest absolute Gasteiger partial charge is 0.455 e. The molecule has 54 heavy (non-hydrogen) atoms. The van der Waals surface area contributed by atoms with Gasteiger partial charge in [0.1, 0.15) is 5.75 Å². The van der Waals surface area contributed by atoms with Crippen molar-refractivity contribution in [1.82, 2.24) is 4.98 Å². The number of rotatable bonds is 9. The second-order valence-corrected chi connectivity index (χ2v) is 17.1. The summed E-state index contributed by atoms with van der Waals surface area (Å²) in [7, 11) is -4.45. The summed E-state index contributed by atoms with van der Waals surface area (Å²) in [6.45, 7) is 13.0. The van der Waals surface area contributed by atoms with Crippen LogP contribution in [0.15, 0.2) is 113 Å². The number of nitrogens with one attached hydrogen (secondary N) is 2. The molecule has 1 heterocycles. The molecular formula is C44H40N2O7S. The Hall–Kier alpha value is -5.84. The molecule has 0 aliphatic heterocycles. The molecule has 9 nitrogen and oxygen atoms in total. The van der Waals surface area contributed by atoms with E-state index in [1.165, 1.54) is 24.3 Å². The number of ketones is 2. The first-order chi connectivity index (χ1) is 25.4. The van der Waals surface area contributed by atoms with E-state index in [9.17, 15) is 27.4 Å². The predicted octanol–water partition coefficient (Wildman–Crippen LogP) is 9.78. The Balaban J connectivity index is 1.49. The quantitative estimate of drug-likeness (QED) is 0.0981. The van der Waals surface area contributed by atoms with E-state index >= 15 is 0 Å². The molecule has 10 heteroatoms. The molecule has 0 saturated carbocycles. The SMILES string of the molecule is Cc1cc(C(C)(C)CC(C)(C)C)ccc1Oc1cc(Nc2ccc(S(=O)(=O)O)cc2)c2c3c(c(C(=O)c4ccccc4)c(=O)[nH]c13)-c1ccccc1C2=O. The minimum Gasteiger partial charge on any atom is -0.455 e. The van der Waals surface area contributed by atoms with Gasteiger partial charge in [0, 0.05) is 33.8 Å². The van der Waals surface area contributed by atoms with Crippen LogP contribution in [0.5, 0.6) is 11.5 Å². The third-order valence-electron chi connectivity index (χ3n) is 9.77. The lowest BCUT2D eigenvalue weighted by atomic mass is 9.72. The van der Waals surface area contributed by atoms with Crippen molar-refractivity contribution >= 4 is 44.0 Å². The standard InChI is InChI=1S/C44H40N2O7S/c1-25-22-27(44(5,6)24-43(2,3)4)16-21-33(25)53-34-23-32(45-28-17-19-29(20-18-28)54(50,51)52)36-37-35(30-14-10-11-15-31(30)41(36)48)38(42(49)46-39(34)37)40(47)26-12-8-7-9-13-26/h7-23,45H,24H2,1-6H3,(H,46,49)(H,50,51,52). The molecule has 0 atom stereocenters. The van der Waals surface area contributed by atoms with Gasteiger partial charge in [-0.1, -0.05) is 101 Å². The fourth-order valence-electron chi connectivity index (χ4n) is 7.71. The Morgan fingerprint density at radius 1 is 0.796 bits per heavy atom. The summed E-state index contributed by atoms with van der Waals surface area (Å²) in [5.41, 5.74) is 3.73. The molecule has 5 aromatic carbocycles. The molecule has 3 N–H and O–H groups in total. The first kappa shape index (κ1) is 36.5. The van der Waals surface area contributed by atoms with Crippen LogP contribution >= 0.6 is 0 Å². The van der Waals surface area contributed by atoms with Crippen LogP contribution in [0, 0.1) is 12.3 Å². The van der Waals surface area contributed by atoms with Crippen molar-refractivity contribution in [3.8, 4) is 22.6 Å². The number of hydrogen-bond donors (Lipinski definition) is 3. The maximum Gasteiger partial charge on any atom is 0.294 e. The highest BCUT2D eigenvalue weighted by Crippen LogP contribution is 2.48. The molecule has 1 aliphatic rings. The Labute approximate surface area is 313 Å². The molecule has 1 aromatic heterocycles. The minimum absolute atomic E-state index is 0.106. The van der Waals surface area contributed by atoms with Crippen LogP contribution in [0.4, 0.5) is 11.4 Å². The number of hydrogen-bond acceptors (Lipinski definition) is 7. The van der Waals surface area contributed by atoms with Gasteiger partial charge in [0.05, 0.1) is 27.2 Å². The van der Waals surface area contributed by atoms with Gasteiger partial charge < -0.3 is 15.0 Å². The van der Waals surface area contributed by atoms with E-state index in [-0.39, 0.29) is 43.9 Å². The molecule has 0 radical (unpaired) electrons. The van der Waals surface area contributed by atoms with Crippen LogP contribution < -0.4 is 15.6 Å². The zero-order chi connectivity index (χ0) is 38.7. The normalized spacial score (nSPS) is 12.8. The Bertz CT molecular complexity index is 2670. The van der Waals surface area contributed by atoms with Crippen molar-refractivity contribution in [2.75, 3.05) is 5.32 Å². The average molecular weight is 741 g/mol. The van der Waals surface area contributed by atoms with E-state index in [0.717, 1.165) is 17.5 Å². The lowest BCUT2D eigenvalue weighted by molar-refractivity contribution is 0.102. The fraction of sp³-hybridized carbons (Fsp3) is 0.205. The van der Waals surface area contributed by atoms with Gasteiger partial charge in [-0.3, -0.25) is 18.9 Å². The van der Waals surface area contributed by atoms with Crippen LogP contribution in [0.25, 0.3) is 22.0 Å². The van der Waals surface area contributed by atoms with Crippen molar-refractivity contribution in [3.63, 3.8) is 0 Å². The topological polar surface area (TPSA) is 143 Å². The average Bonchev–Trinajstić information content (AvgIpc) is 3.10. The van der Waals surface area contributed by atoms with Crippen molar-refractivity contribution in [2.45, 2.75) is 58.3 Å². The molecule has 0 saturated heterocycles. The lowest BCUT2D eigenvalue weighted by Crippen LogP contribution is -2.25. The smallest absolute Gasteiger partial charge is 0.294 e. The zero-order valence-corrected chi connectivity index (χ0v) is 31.6. The number of benzene rings is 5. The van der Waals surface area contributed by atoms with E-state index in [1.54, 1.807) is 60.7 Å². The molecule has 7 rings (SSSR count). The third-order valence-corrected chi connectivity index (χ3v) is 10.6. The van der Waals surface area contributed by atoms with Gasteiger partial charge >= 0.3 is 0 Å². The van der Waals surface area contributed by atoms with Crippen LogP contribution in [0.3, 0.4) is 0 Å². The minimum atomic E-state index is -4.45. The van der Waals surface area contributed by atoms with E-state index in [2.05, 4.69) is 51.0 Å². The number of carbonyl (C=O) groups excluding carboxylic acids is 2. The molecule has 1 aliphatic carbocycles. The number of ether oxygens (including phenoxy) is 1. The summed E-state index contributed by atoms with van der Waals surface area (Å²) in [4.78, 5) is 45.5. The second-order valence-electron chi connectivity index (χ2n) is 15.6. The highest BCUT2D eigenvalue weighted by atomic mass is 32.2. The summed E-state index contributed by atoms with van der Waals surface area (Å²) in [6, 6.07) is 28.4. The van der Waals surface area contributed by atoms with Crippen molar-refractivity contribution in [2.24, 2.45) is 5.41 Å². The van der Waals surface area contributed by atoms with Gasteiger partial charge in [-0.2, -0.15) is 8.42 Å². The lowest BCUT2D eigenvalue weighted by Gasteiger charge is -2.33. The number of pyridine rings is 1. The number of carbonyl (C=O) groups is 2. The Morgan fingerprint density at radius 3 is 2.07 bits per heavy atom. The van der Waals surface area contributed by atoms with Crippen LogP contribution in [0.1, 0.15) is 84.0 Å². The van der Waals surface area contributed by atoms with E-state index < -0.39 is 21.5 Å². The van der Waals surface area contributed by atoms with Gasteiger partial charge in [-0.25, -0.2) is 0 Å². The van der Waals surface area contributed by atoms with Crippen molar-refractivity contribution in [3.05, 3.63) is 147 Å². The van der Waals surface area contributed by atoms with Gasteiger partial charge in [-0.15, -0.1) is 0 Å². The maximum absolute atomic E-state index is 14.5. The van der Waals surface area contributed by atoms with Crippen molar-refractivity contribution < 1.29 is 27.3 Å². The zero-order valence-electron chi connectivity index (χ0n) is 30.8. The summed E-state index contributed by atoms with van der Waals surface area (Å²) in [5, 5.41) is 3.58. The van der Waals surface area contributed by atoms with Crippen molar-refractivity contribution in [1.29, 1.82) is 0 Å². The number of aryl methyl sites for hydroxylation is 1. The van der Waals surface area contributed by atoms with E-state index in [1.807, 2.05) is 19.1 Å². The van der Waals surface area contributed by atoms with Gasteiger partial charge in [0.15, 0.2) is 17.3 Å². The highest BCUT2D eigenvalue weighted by molar-refractivity contribution is 7.85. The molecule has 6 aromatic rings. The second kappa shape index (κ2) is 13.2. The number of H-pyrrole nitrogens is 1. The first-order valence-electron chi connectivity index (χ1n) is 17.6. The maximum atomic E-state index is 14.5. The fourth-order valence-corrected chi connectivity index (χ4v) is 8.19. The van der Waals surface area contributed by atoms with Gasteiger partial charge in [0.2, 0.25) is 0 Å². The molecule has 0 spiro atoms. The number of aromatic nitrogens is 1. The first-order valence-corrected chi connectivity index (χ1v) is 19.0. The summed E-state index contributed by atoms with van der Waals surface area (Å²) < 4.78 is 39.8. The Morgan fingerprint density at radius 2 is 1.44 bits per heavy atom. The molecule has 0 bridgehead atoms. The highest BCUT2D eigenvalue weighted by Gasteiger charge is 2.35. The number of aromatic amines is 1. The molecule has 0 unspecified atom stereocenters. The van der Waals surface area contributed by atoms with E-state index in [4.69, 9.17) is 4.74 Å². The number of anilines is 2.